The molecule has 3 heterocycles. The first kappa shape index (κ1) is 27.6. The van der Waals surface area contributed by atoms with Crippen LogP contribution in [0.15, 0.2) is 36.7 Å². The Kier molecular flexibility index (Phi) is 7.19. The molecule has 0 spiro atoms. The molecule has 6 rings (SSSR count). The van der Waals surface area contributed by atoms with Crippen LogP contribution in [0.1, 0.15) is 98.0 Å². The van der Waals surface area contributed by atoms with Gasteiger partial charge in [-0.2, -0.15) is 5.26 Å². The molecule has 1 aromatic carbocycles. The molecule has 1 saturated heterocycles. The summed E-state index contributed by atoms with van der Waals surface area (Å²) in [6, 6.07) is 12.4. The van der Waals surface area contributed by atoms with Crippen molar-refractivity contribution in [3.63, 3.8) is 0 Å². The minimum absolute atomic E-state index is 0.0395. The van der Waals surface area contributed by atoms with Gasteiger partial charge in [0.25, 0.3) is 5.91 Å². The zero-order valence-electron chi connectivity index (χ0n) is 24.8. The predicted octanol–water partition coefficient (Wildman–Crippen LogP) is 5.53. The van der Waals surface area contributed by atoms with E-state index in [0.717, 1.165) is 68.1 Å². The molecule has 1 amide bonds. The van der Waals surface area contributed by atoms with Crippen LogP contribution in [0.2, 0.25) is 0 Å². The lowest BCUT2D eigenvalue weighted by Gasteiger charge is -2.46. The second-order valence-corrected chi connectivity index (χ2v) is 13.4. The van der Waals surface area contributed by atoms with E-state index in [-0.39, 0.29) is 16.7 Å². The topological polar surface area (TPSA) is 99.7 Å². The average Bonchev–Trinajstić information content (AvgIpc) is 3.48. The molecule has 2 aromatic heterocycles. The van der Waals surface area contributed by atoms with E-state index in [0.29, 0.717) is 24.0 Å². The highest BCUT2D eigenvalue weighted by molar-refractivity contribution is 6.03. The summed E-state index contributed by atoms with van der Waals surface area (Å²) in [5.41, 5.74) is 5.64. The van der Waals surface area contributed by atoms with Crippen LogP contribution in [0, 0.1) is 23.2 Å². The van der Waals surface area contributed by atoms with E-state index in [4.69, 9.17) is 4.98 Å². The smallest absolute Gasteiger partial charge is 0.274 e. The number of aromatic nitrogens is 4. The van der Waals surface area contributed by atoms with E-state index in [9.17, 15) is 10.1 Å². The highest BCUT2D eigenvalue weighted by Crippen LogP contribution is 2.53. The lowest BCUT2D eigenvalue weighted by molar-refractivity contribution is 0.102. The lowest BCUT2D eigenvalue weighted by Crippen LogP contribution is -2.44. The Labute approximate surface area is 243 Å². The van der Waals surface area contributed by atoms with E-state index in [2.05, 4.69) is 59.4 Å². The summed E-state index contributed by atoms with van der Waals surface area (Å²) in [5.74, 6) is 1.76. The molecule has 41 heavy (non-hydrogen) atoms. The zero-order valence-corrected chi connectivity index (χ0v) is 24.8. The number of nitriles is 1. The van der Waals surface area contributed by atoms with Crippen LogP contribution in [-0.2, 0) is 30.8 Å². The van der Waals surface area contributed by atoms with Gasteiger partial charge in [0.2, 0.25) is 0 Å². The molecule has 2 fully saturated rings. The lowest BCUT2D eigenvalue weighted by atomic mass is 9.57. The number of rotatable bonds is 7. The number of benzene rings is 1. The standard InChI is InChI=1S/C33H41N7O/c1-22-7-6-14-40(19-22)20-24-15-28(37-29-27(24)10-12-32(29,2)3)30(41)36-26-9-5-8-25(16-26)33(17-23(18-33)11-13-34)31-38-35-21-39(31)4/h5,8-9,15-16,21-23H,6-7,10-12,14,17-20H2,1-4H3,(H,36,41). The molecule has 0 radical (unpaired) electrons. The highest BCUT2D eigenvalue weighted by atomic mass is 16.1. The van der Waals surface area contributed by atoms with Gasteiger partial charge in [0.15, 0.2) is 0 Å². The molecule has 1 unspecified atom stereocenters. The Hall–Kier alpha value is -3.57. The molecule has 1 N–H and O–H groups in total. The van der Waals surface area contributed by atoms with Crippen LogP contribution in [-0.4, -0.2) is 43.6 Å². The minimum Gasteiger partial charge on any atom is -0.321 e. The number of carbonyl (C=O) groups excluding carboxylic acids is 1. The van der Waals surface area contributed by atoms with Crippen LogP contribution in [0.4, 0.5) is 5.69 Å². The van der Waals surface area contributed by atoms with Gasteiger partial charge in [0.1, 0.15) is 17.8 Å². The van der Waals surface area contributed by atoms with Crippen molar-refractivity contribution >= 4 is 11.6 Å². The Balaban J connectivity index is 1.28. The van der Waals surface area contributed by atoms with Gasteiger partial charge in [-0.05, 0) is 91.8 Å². The molecular formula is C33H41N7O. The summed E-state index contributed by atoms with van der Waals surface area (Å²) >= 11 is 0. The van der Waals surface area contributed by atoms with Crippen LogP contribution in [0.3, 0.4) is 0 Å². The number of hydrogen-bond acceptors (Lipinski definition) is 6. The van der Waals surface area contributed by atoms with Crippen molar-refractivity contribution in [2.45, 2.75) is 83.1 Å². The number of pyridine rings is 1. The maximum atomic E-state index is 13.7. The van der Waals surface area contributed by atoms with Crippen molar-refractivity contribution in [1.29, 1.82) is 5.26 Å². The van der Waals surface area contributed by atoms with E-state index in [1.807, 2.05) is 29.8 Å². The van der Waals surface area contributed by atoms with Gasteiger partial charge in [-0.1, -0.05) is 32.9 Å². The Morgan fingerprint density at radius 1 is 1.24 bits per heavy atom. The Morgan fingerprint density at radius 3 is 2.80 bits per heavy atom. The minimum atomic E-state index is -0.317. The predicted molar refractivity (Wildman–Crippen MR) is 158 cm³/mol. The van der Waals surface area contributed by atoms with Crippen molar-refractivity contribution in [2.75, 3.05) is 18.4 Å². The fraction of sp³-hybridized carbons (Fsp3) is 0.545. The summed E-state index contributed by atoms with van der Waals surface area (Å²) in [7, 11) is 1.96. The zero-order chi connectivity index (χ0) is 28.8. The van der Waals surface area contributed by atoms with Gasteiger partial charge in [-0.25, -0.2) is 4.98 Å². The number of hydrogen-bond donors (Lipinski definition) is 1. The first-order valence-corrected chi connectivity index (χ1v) is 15.1. The van der Waals surface area contributed by atoms with Crippen molar-refractivity contribution in [3.05, 3.63) is 70.6 Å². The monoisotopic (exact) mass is 551 g/mol. The molecule has 8 heteroatoms. The van der Waals surface area contributed by atoms with Crippen LogP contribution in [0.5, 0.6) is 0 Å². The summed E-state index contributed by atoms with van der Waals surface area (Å²) in [4.78, 5) is 21.3. The van der Waals surface area contributed by atoms with Gasteiger partial charge < -0.3 is 9.88 Å². The molecule has 3 aliphatic rings. The van der Waals surface area contributed by atoms with Crippen LogP contribution in [0.25, 0.3) is 0 Å². The first-order valence-electron chi connectivity index (χ1n) is 15.1. The fourth-order valence-electron chi connectivity index (χ4n) is 7.50. The molecule has 8 nitrogen and oxygen atoms in total. The fourth-order valence-corrected chi connectivity index (χ4v) is 7.50. The van der Waals surface area contributed by atoms with Gasteiger partial charge >= 0.3 is 0 Å². The van der Waals surface area contributed by atoms with Crippen LogP contribution < -0.4 is 5.32 Å². The molecule has 1 aliphatic heterocycles. The molecule has 3 aromatic rings. The number of nitrogens with one attached hydrogen (secondary N) is 1. The number of likely N-dealkylation sites (tertiary alicyclic amines) is 1. The second-order valence-electron chi connectivity index (χ2n) is 13.4. The third-order valence-electron chi connectivity index (χ3n) is 9.69. The number of piperidine rings is 1. The SMILES string of the molecule is CC1CCCN(Cc2cc(C(=O)Nc3cccc(C4(c5nncn5C)CC(CC#N)C4)c3)nc3c2CCC3(C)C)C1. The number of carbonyl (C=O) groups is 1. The van der Waals surface area contributed by atoms with Gasteiger partial charge in [-0.15, -0.1) is 10.2 Å². The Morgan fingerprint density at radius 2 is 2.07 bits per heavy atom. The maximum Gasteiger partial charge on any atom is 0.274 e. The third kappa shape index (κ3) is 5.17. The van der Waals surface area contributed by atoms with E-state index in [1.165, 1.54) is 24.0 Å². The quantitative estimate of drug-likeness (QED) is 0.415. The normalized spacial score (nSPS) is 25.2. The van der Waals surface area contributed by atoms with Crippen molar-refractivity contribution in [2.24, 2.45) is 18.9 Å². The molecule has 2 aliphatic carbocycles. The summed E-state index contributed by atoms with van der Waals surface area (Å²) in [6.07, 6.45) is 8.55. The van der Waals surface area contributed by atoms with Gasteiger partial charge in [-0.3, -0.25) is 9.69 Å². The molecule has 214 valence electrons. The van der Waals surface area contributed by atoms with Crippen molar-refractivity contribution < 1.29 is 4.79 Å². The summed E-state index contributed by atoms with van der Waals surface area (Å²) < 4.78 is 1.97. The first-order chi connectivity index (χ1) is 19.7. The second kappa shape index (κ2) is 10.7. The molecule has 0 bridgehead atoms. The van der Waals surface area contributed by atoms with Gasteiger partial charge in [0.05, 0.1) is 17.2 Å². The average molecular weight is 552 g/mol. The highest BCUT2D eigenvalue weighted by Gasteiger charge is 2.49. The largest absolute Gasteiger partial charge is 0.321 e. The number of nitrogens with zero attached hydrogens (tertiary/aromatic N) is 6. The molecular weight excluding hydrogens is 510 g/mol. The van der Waals surface area contributed by atoms with Gasteiger partial charge in [0, 0.05) is 37.7 Å². The van der Waals surface area contributed by atoms with E-state index < -0.39 is 0 Å². The number of fused-ring (bicyclic) bond motifs is 1. The maximum absolute atomic E-state index is 13.7. The number of anilines is 1. The number of amides is 1. The molecule has 1 atom stereocenters. The van der Waals surface area contributed by atoms with Crippen molar-refractivity contribution in [3.8, 4) is 6.07 Å². The van der Waals surface area contributed by atoms with E-state index >= 15 is 0 Å². The summed E-state index contributed by atoms with van der Waals surface area (Å²) in [5, 5.41) is 21.0. The molecule has 1 saturated carbocycles. The van der Waals surface area contributed by atoms with Crippen molar-refractivity contribution in [1.82, 2.24) is 24.6 Å². The Bertz CT molecular complexity index is 1490. The number of aryl methyl sites for hydroxylation is 1. The van der Waals surface area contributed by atoms with Crippen LogP contribution >= 0.6 is 0 Å². The third-order valence-corrected chi connectivity index (χ3v) is 9.69. The summed E-state index contributed by atoms with van der Waals surface area (Å²) in [6.45, 7) is 9.92. The van der Waals surface area contributed by atoms with E-state index in [1.54, 1.807) is 6.33 Å².